The Morgan fingerprint density at radius 1 is 1.29 bits per heavy atom. The second-order valence-electron chi connectivity index (χ2n) is 6.68. The molecule has 0 heterocycles. The van der Waals surface area contributed by atoms with E-state index in [1.54, 1.807) is 0 Å². The SMILES string of the molecule is CCCCC[C@H](O)CCC1=CCC(=O)[C@@H]1C/C=C\CCCC(=O)O. The number of ketones is 1. The van der Waals surface area contributed by atoms with E-state index in [1.807, 2.05) is 18.2 Å². The number of carbonyl (C=O) groups is 2. The van der Waals surface area contributed by atoms with E-state index in [-0.39, 0.29) is 24.2 Å². The van der Waals surface area contributed by atoms with E-state index >= 15 is 0 Å². The number of carboxylic acid groups (broad SMARTS) is 1. The van der Waals surface area contributed by atoms with Gasteiger partial charge in [-0.1, -0.05) is 50.0 Å². The van der Waals surface area contributed by atoms with E-state index in [9.17, 15) is 14.7 Å². The summed E-state index contributed by atoms with van der Waals surface area (Å²) in [6.07, 6.45) is 14.3. The molecule has 0 saturated heterocycles. The molecule has 1 aliphatic carbocycles. The summed E-state index contributed by atoms with van der Waals surface area (Å²) in [5, 5.41) is 18.6. The third-order valence-electron chi connectivity index (χ3n) is 4.61. The Hall–Kier alpha value is -1.42. The van der Waals surface area contributed by atoms with Gasteiger partial charge in [-0.05, 0) is 38.5 Å². The van der Waals surface area contributed by atoms with Crippen molar-refractivity contribution in [1.29, 1.82) is 0 Å². The zero-order valence-corrected chi connectivity index (χ0v) is 14.9. The topological polar surface area (TPSA) is 74.6 Å². The van der Waals surface area contributed by atoms with Crippen LogP contribution in [0.5, 0.6) is 0 Å². The Kier molecular flexibility index (Phi) is 10.3. The molecule has 1 aliphatic rings. The van der Waals surface area contributed by atoms with Crippen molar-refractivity contribution in [2.24, 2.45) is 5.92 Å². The molecule has 24 heavy (non-hydrogen) atoms. The van der Waals surface area contributed by atoms with Crippen LogP contribution in [0, 0.1) is 5.92 Å². The van der Waals surface area contributed by atoms with Gasteiger partial charge in [-0.15, -0.1) is 0 Å². The number of carboxylic acids is 1. The second-order valence-corrected chi connectivity index (χ2v) is 6.68. The molecule has 0 radical (unpaired) electrons. The minimum Gasteiger partial charge on any atom is -0.481 e. The zero-order valence-electron chi connectivity index (χ0n) is 14.9. The summed E-state index contributed by atoms with van der Waals surface area (Å²) in [6.45, 7) is 2.15. The molecule has 0 aromatic rings. The molecule has 0 fully saturated rings. The molecule has 0 amide bonds. The van der Waals surface area contributed by atoms with E-state index in [2.05, 4.69) is 6.92 Å². The number of aliphatic carboxylic acids is 1. The quantitative estimate of drug-likeness (QED) is 0.385. The van der Waals surface area contributed by atoms with Crippen molar-refractivity contribution in [3.8, 4) is 0 Å². The smallest absolute Gasteiger partial charge is 0.303 e. The molecule has 0 saturated carbocycles. The highest BCUT2D eigenvalue weighted by molar-refractivity contribution is 5.88. The van der Waals surface area contributed by atoms with Crippen molar-refractivity contribution in [2.75, 3.05) is 0 Å². The average molecular weight is 336 g/mol. The molecule has 2 atom stereocenters. The Labute approximate surface area is 145 Å². The number of rotatable bonds is 13. The predicted molar refractivity (Wildman–Crippen MR) is 95.8 cm³/mol. The molecular weight excluding hydrogens is 304 g/mol. The molecule has 136 valence electrons. The lowest BCUT2D eigenvalue weighted by molar-refractivity contribution is -0.137. The number of Topliss-reactive ketones (excluding diaryl/α,β-unsaturated/α-hetero) is 1. The highest BCUT2D eigenvalue weighted by Crippen LogP contribution is 2.30. The summed E-state index contributed by atoms with van der Waals surface area (Å²) in [5.74, 6) is -0.540. The maximum atomic E-state index is 12.0. The lowest BCUT2D eigenvalue weighted by Crippen LogP contribution is -2.12. The standard InChI is InChI=1S/C20H32O4/c1-2-3-6-9-17(21)14-12-16-13-15-19(22)18(16)10-7-4-5-8-11-20(23)24/h4,7,13,17-18,21H,2-3,5-6,8-12,14-15H2,1H3,(H,23,24)/b7-4-/t17-,18+/m0/s1. The molecule has 1 rings (SSSR count). The number of aliphatic hydroxyl groups excluding tert-OH is 1. The van der Waals surface area contributed by atoms with Crippen LogP contribution in [0.25, 0.3) is 0 Å². The van der Waals surface area contributed by atoms with Crippen LogP contribution >= 0.6 is 0 Å². The highest BCUT2D eigenvalue weighted by atomic mass is 16.4. The number of unbranched alkanes of at least 4 members (excludes halogenated alkanes) is 3. The Morgan fingerprint density at radius 3 is 2.79 bits per heavy atom. The van der Waals surface area contributed by atoms with Gasteiger partial charge in [0.1, 0.15) is 5.78 Å². The summed E-state index contributed by atoms with van der Waals surface area (Å²) in [7, 11) is 0. The van der Waals surface area contributed by atoms with Gasteiger partial charge in [-0.3, -0.25) is 9.59 Å². The summed E-state index contributed by atoms with van der Waals surface area (Å²) < 4.78 is 0. The van der Waals surface area contributed by atoms with Gasteiger partial charge >= 0.3 is 5.97 Å². The largest absolute Gasteiger partial charge is 0.481 e. The normalized spacial score (nSPS) is 19.0. The van der Waals surface area contributed by atoms with E-state index in [1.165, 1.54) is 5.57 Å². The zero-order chi connectivity index (χ0) is 17.8. The summed E-state index contributed by atoms with van der Waals surface area (Å²) in [5.41, 5.74) is 1.17. The van der Waals surface area contributed by atoms with Crippen LogP contribution in [0.4, 0.5) is 0 Å². The molecule has 4 nitrogen and oxygen atoms in total. The summed E-state index contributed by atoms with van der Waals surface area (Å²) in [4.78, 5) is 22.5. The van der Waals surface area contributed by atoms with Crippen LogP contribution in [-0.2, 0) is 9.59 Å². The van der Waals surface area contributed by atoms with E-state index in [4.69, 9.17) is 5.11 Å². The predicted octanol–water partition coefficient (Wildman–Crippen LogP) is 4.42. The minimum atomic E-state index is -0.767. The first-order chi connectivity index (χ1) is 11.5. The molecule has 4 heteroatoms. The van der Waals surface area contributed by atoms with Gasteiger partial charge < -0.3 is 10.2 Å². The molecule has 0 bridgehead atoms. The fourth-order valence-corrected chi connectivity index (χ4v) is 3.11. The van der Waals surface area contributed by atoms with Gasteiger partial charge in [0.15, 0.2) is 0 Å². The van der Waals surface area contributed by atoms with Crippen LogP contribution in [-0.4, -0.2) is 28.1 Å². The first kappa shape index (κ1) is 20.6. The fourth-order valence-electron chi connectivity index (χ4n) is 3.11. The Morgan fingerprint density at radius 2 is 2.08 bits per heavy atom. The fraction of sp³-hybridized carbons (Fsp3) is 0.700. The number of aliphatic hydroxyl groups is 1. The number of hydrogen-bond donors (Lipinski definition) is 2. The van der Waals surface area contributed by atoms with Gasteiger partial charge in [0, 0.05) is 18.8 Å². The Bertz CT molecular complexity index is 451. The van der Waals surface area contributed by atoms with Crippen LogP contribution in [0.1, 0.15) is 77.6 Å². The molecular formula is C20H32O4. The number of carbonyl (C=O) groups excluding carboxylic acids is 1. The minimum absolute atomic E-state index is 0.0384. The first-order valence-electron chi connectivity index (χ1n) is 9.31. The lowest BCUT2D eigenvalue weighted by atomic mass is 9.91. The molecule has 0 spiro atoms. The van der Waals surface area contributed by atoms with Gasteiger partial charge in [-0.2, -0.15) is 0 Å². The van der Waals surface area contributed by atoms with Gasteiger partial charge in [0.25, 0.3) is 0 Å². The van der Waals surface area contributed by atoms with Crippen molar-refractivity contribution in [2.45, 2.75) is 83.7 Å². The summed E-state index contributed by atoms with van der Waals surface area (Å²) in [6, 6.07) is 0. The third-order valence-corrected chi connectivity index (χ3v) is 4.61. The van der Waals surface area contributed by atoms with Crippen LogP contribution < -0.4 is 0 Å². The van der Waals surface area contributed by atoms with E-state index < -0.39 is 5.97 Å². The van der Waals surface area contributed by atoms with Crippen molar-refractivity contribution in [1.82, 2.24) is 0 Å². The molecule has 0 unspecified atom stereocenters. The van der Waals surface area contributed by atoms with E-state index in [0.717, 1.165) is 44.9 Å². The molecule has 2 N–H and O–H groups in total. The Balaban J connectivity index is 2.30. The van der Waals surface area contributed by atoms with Crippen molar-refractivity contribution in [3.05, 3.63) is 23.8 Å². The van der Waals surface area contributed by atoms with E-state index in [0.29, 0.717) is 19.3 Å². The average Bonchev–Trinajstić information content (AvgIpc) is 2.89. The maximum Gasteiger partial charge on any atom is 0.303 e. The summed E-state index contributed by atoms with van der Waals surface area (Å²) >= 11 is 0. The van der Waals surface area contributed by atoms with Gasteiger partial charge in [0.05, 0.1) is 6.10 Å². The third kappa shape index (κ3) is 8.44. The van der Waals surface area contributed by atoms with Crippen molar-refractivity contribution >= 4 is 11.8 Å². The highest BCUT2D eigenvalue weighted by Gasteiger charge is 2.26. The first-order valence-corrected chi connectivity index (χ1v) is 9.31. The van der Waals surface area contributed by atoms with Gasteiger partial charge in [0.2, 0.25) is 0 Å². The monoisotopic (exact) mass is 336 g/mol. The number of hydrogen-bond acceptors (Lipinski definition) is 3. The number of allylic oxidation sites excluding steroid dienone is 4. The van der Waals surface area contributed by atoms with Crippen LogP contribution in [0.15, 0.2) is 23.8 Å². The second kappa shape index (κ2) is 12.0. The lowest BCUT2D eigenvalue weighted by Gasteiger charge is -2.15. The van der Waals surface area contributed by atoms with Gasteiger partial charge in [-0.25, -0.2) is 0 Å². The molecule has 0 aliphatic heterocycles. The van der Waals surface area contributed by atoms with Crippen LogP contribution in [0.3, 0.4) is 0 Å². The van der Waals surface area contributed by atoms with Crippen molar-refractivity contribution in [3.63, 3.8) is 0 Å². The molecule has 0 aromatic heterocycles. The molecule has 0 aromatic carbocycles. The maximum absolute atomic E-state index is 12.0. The van der Waals surface area contributed by atoms with Crippen LogP contribution in [0.2, 0.25) is 0 Å². The van der Waals surface area contributed by atoms with Crippen molar-refractivity contribution < 1.29 is 19.8 Å².